The number of nitrogens with zero attached hydrogens (tertiary/aromatic N) is 2. The van der Waals surface area contributed by atoms with Crippen LogP contribution >= 0.6 is 11.3 Å². The molecule has 1 amide bonds. The first kappa shape index (κ1) is 25.1. The van der Waals surface area contributed by atoms with Gasteiger partial charge in [-0.05, 0) is 42.5 Å². The first-order chi connectivity index (χ1) is 16.2. The topological polar surface area (TPSA) is 122 Å². The summed E-state index contributed by atoms with van der Waals surface area (Å²) in [5.74, 6) is -0.730. The number of carbonyl (C=O) groups is 1. The van der Waals surface area contributed by atoms with Gasteiger partial charge in [0.05, 0.1) is 26.2 Å². The van der Waals surface area contributed by atoms with E-state index in [2.05, 4.69) is 5.32 Å². The van der Waals surface area contributed by atoms with Gasteiger partial charge in [-0.15, -0.1) is 11.3 Å². The Morgan fingerprint density at radius 2 is 1.85 bits per heavy atom. The van der Waals surface area contributed by atoms with Crippen molar-refractivity contribution >= 4 is 43.0 Å². The molecule has 13 heteroatoms. The van der Waals surface area contributed by atoms with Crippen LogP contribution in [0.4, 0.5) is 5.69 Å². The Morgan fingerprint density at radius 3 is 2.53 bits per heavy atom. The summed E-state index contributed by atoms with van der Waals surface area (Å²) in [7, 11) is -6.11. The molecular formula is C21H27N3O7S3. The number of nitrogens with one attached hydrogen (secondary N) is 1. The first-order valence-electron chi connectivity index (χ1n) is 10.8. The first-order valence-corrected chi connectivity index (χ1v) is 14.6. The Hall–Kier alpha value is -2.03. The average molecular weight is 530 g/mol. The Kier molecular flexibility index (Phi) is 7.60. The number of methoxy groups -OCH3 is 1. The molecule has 2 fully saturated rings. The number of amides is 1. The molecule has 3 heterocycles. The van der Waals surface area contributed by atoms with Crippen molar-refractivity contribution in [3.63, 3.8) is 0 Å². The lowest BCUT2D eigenvalue weighted by Gasteiger charge is -2.31. The molecule has 2 aromatic rings. The van der Waals surface area contributed by atoms with Crippen molar-refractivity contribution in [3.8, 4) is 5.75 Å². The number of carbonyl (C=O) groups excluding carboxylic acids is 1. The lowest BCUT2D eigenvalue weighted by molar-refractivity contribution is -0.120. The summed E-state index contributed by atoms with van der Waals surface area (Å²) in [6, 6.07) is 7.68. The van der Waals surface area contributed by atoms with Crippen LogP contribution < -0.4 is 10.1 Å². The monoisotopic (exact) mass is 529 g/mol. The van der Waals surface area contributed by atoms with Crippen molar-refractivity contribution in [3.05, 3.63) is 35.7 Å². The fraction of sp³-hybridized carbons (Fsp3) is 0.476. The van der Waals surface area contributed by atoms with E-state index in [4.69, 9.17) is 9.47 Å². The molecule has 1 aromatic heterocycles. The van der Waals surface area contributed by atoms with Gasteiger partial charge in [-0.2, -0.15) is 8.61 Å². The predicted molar refractivity (Wildman–Crippen MR) is 127 cm³/mol. The normalized spacial score (nSPS) is 20.7. The summed E-state index contributed by atoms with van der Waals surface area (Å²) in [4.78, 5) is 13.0. The molecule has 0 saturated carbocycles. The Balaban J connectivity index is 1.51. The van der Waals surface area contributed by atoms with Crippen LogP contribution in [-0.4, -0.2) is 77.9 Å². The number of hydrogen-bond donors (Lipinski definition) is 1. The van der Waals surface area contributed by atoms with Gasteiger partial charge in [0.1, 0.15) is 14.9 Å². The number of piperidine rings is 1. The van der Waals surface area contributed by atoms with Crippen molar-refractivity contribution in [2.75, 3.05) is 51.8 Å². The lowest BCUT2D eigenvalue weighted by atomic mass is 9.98. The molecule has 34 heavy (non-hydrogen) atoms. The molecule has 186 valence electrons. The van der Waals surface area contributed by atoms with Gasteiger partial charge in [0.25, 0.3) is 10.0 Å². The van der Waals surface area contributed by atoms with E-state index in [0.29, 0.717) is 38.3 Å². The minimum absolute atomic E-state index is 0.0414. The third-order valence-electron chi connectivity index (χ3n) is 5.86. The van der Waals surface area contributed by atoms with Gasteiger partial charge in [-0.1, -0.05) is 6.07 Å². The van der Waals surface area contributed by atoms with E-state index in [0.717, 1.165) is 11.3 Å². The molecular weight excluding hydrogens is 502 g/mol. The third kappa shape index (κ3) is 5.14. The van der Waals surface area contributed by atoms with Crippen LogP contribution in [0, 0.1) is 5.92 Å². The van der Waals surface area contributed by atoms with E-state index < -0.39 is 26.0 Å². The van der Waals surface area contributed by atoms with Crippen LogP contribution in [0.2, 0.25) is 0 Å². The molecule has 1 aromatic carbocycles. The van der Waals surface area contributed by atoms with Crippen LogP contribution in [-0.2, 0) is 29.6 Å². The van der Waals surface area contributed by atoms with E-state index in [1.807, 2.05) is 0 Å². The molecule has 2 aliphatic heterocycles. The number of sulfonamides is 2. The fourth-order valence-electron chi connectivity index (χ4n) is 4.04. The highest BCUT2D eigenvalue weighted by atomic mass is 32.2. The highest BCUT2D eigenvalue weighted by Gasteiger charge is 2.34. The highest BCUT2D eigenvalue weighted by Crippen LogP contribution is 2.31. The smallest absolute Gasteiger partial charge is 0.252 e. The zero-order valence-electron chi connectivity index (χ0n) is 18.7. The number of rotatable bonds is 7. The SMILES string of the molecule is COc1ccc(NC(=O)[C@@H]2CCCN(S(=O)(=O)c3cccs3)C2)cc1S(=O)(=O)N1CCOCC1. The van der Waals surface area contributed by atoms with Crippen LogP contribution in [0.5, 0.6) is 5.75 Å². The van der Waals surface area contributed by atoms with E-state index >= 15 is 0 Å². The van der Waals surface area contributed by atoms with Crippen LogP contribution in [0.1, 0.15) is 12.8 Å². The van der Waals surface area contributed by atoms with Crippen molar-refractivity contribution in [2.45, 2.75) is 21.9 Å². The summed E-state index contributed by atoms with van der Waals surface area (Å²) < 4.78 is 65.5. The molecule has 10 nitrogen and oxygen atoms in total. The molecule has 0 unspecified atom stereocenters. The van der Waals surface area contributed by atoms with Crippen LogP contribution in [0.15, 0.2) is 44.8 Å². The molecule has 1 N–H and O–H groups in total. The Morgan fingerprint density at radius 1 is 1.09 bits per heavy atom. The minimum Gasteiger partial charge on any atom is -0.495 e. The van der Waals surface area contributed by atoms with Crippen molar-refractivity contribution in [1.82, 2.24) is 8.61 Å². The Labute approximate surface area is 203 Å². The second-order valence-electron chi connectivity index (χ2n) is 8.01. The fourth-order valence-corrected chi connectivity index (χ4v) is 8.30. The van der Waals surface area contributed by atoms with E-state index in [9.17, 15) is 21.6 Å². The maximum absolute atomic E-state index is 13.2. The summed E-state index contributed by atoms with van der Waals surface area (Å²) in [6.45, 7) is 1.52. The molecule has 0 spiro atoms. The van der Waals surface area contributed by atoms with Gasteiger partial charge in [0, 0.05) is 31.9 Å². The second kappa shape index (κ2) is 10.3. The number of hydrogen-bond acceptors (Lipinski definition) is 8. The minimum atomic E-state index is -3.85. The largest absolute Gasteiger partial charge is 0.495 e. The summed E-state index contributed by atoms with van der Waals surface area (Å²) in [5, 5.41) is 4.47. The zero-order valence-corrected chi connectivity index (χ0v) is 21.1. The number of benzene rings is 1. The molecule has 0 bridgehead atoms. The molecule has 0 aliphatic carbocycles. The lowest BCUT2D eigenvalue weighted by Crippen LogP contribution is -2.43. The number of thiophene rings is 1. The quantitative estimate of drug-likeness (QED) is 0.580. The maximum Gasteiger partial charge on any atom is 0.252 e. The van der Waals surface area contributed by atoms with Crippen molar-refractivity contribution in [2.24, 2.45) is 5.92 Å². The van der Waals surface area contributed by atoms with Crippen LogP contribution in [0.25, 0.3) is 0 Å². The molecule has 2 saturated heterocycles. The van der Waals surface area contributed by atoms with Gasteiger partial charge in [0.2, 0.25) is 15.9 Å². The Bertz CT molecular complexity index is 1220. The van der Waals surface area contributed by atoms with E-state index in [-0.39, 0.29) is 40.4 Å². The molecule has 0 radical (unpaired) electrons. The summed E-state index contributed by atoms with van der Waals surface area (Å²) >= 11 is 1.14. The maximum atomic E-state index is 13.2. The number of morpholine rings is 1. The molecule has 1 atom stereocenters. The second-order valence-corrected chi connectivity index (χ2v) is 13.0. The standard InChI is InChI=1S/C21H27N3O7S3/c1-30-18-7-6-17(14-19(18)33(26,27)23-9-11-31-12-10-23)22-21(25)16-4-2-8-24(15-16)34(28,29)20-5-3-13-32-20/h3,5-7,13-14,16H,2,4,8-12,15H2,1H3,(H,22,25)/t16-/m1/s1. The number of anilines is 1. The van der Waals surface area contributed by atoms with Gasteiger partial charge >= 0.3 is 0 Å². The zero-order chi connectivity index (χ0) is 24.3. The van der Waals surface area contributed by atoms with Crippen LogP contribution in [0.3, 0.4) is 0 Å². The van der Waals surface area contributed by atoms with Crippen molar-refractivity contribution < 1.29 is 31.1 Å². The average Bonchev–Trinajstić information content (AvgIpc) is 3.41. The van der Waals surface area contributed by atoms with Crippen molar-refractivity contribution in [1.29, 1.82) is 0 Å². The van der Waals surface area contributed by atoms with E-state index in [1.165, 1.54) is 27.9 Å². The highest BCUT2D eigenvalue weighted by molar-refractivity contribution is 7.91. The molecule has 4 rings (SSSR count). The van der Waals surface area contributed by atoms with E-state index in [1.54, 1.807) is 23.6 Å². The summed E-state index contributed by atoms with van der Waals surface area (Å²) in [6.07, 6.45) is 1.10. The van der Waals surface area contributed by atoms with Gasteiger partial charge in [-0.3, -0.25) is 4.79 Å². The number of ether oxygens (including phenoxy) is 2. The van der Waals surface area contributed by atoms with Gasteiger partial charge < -0.3 is 14.8 Å². The van der Waals surface area contributed by atoms with Gasteiger partial charge in [-0.25, -0.2) is 16.8 Å². The predicted octanol–water partition coefficient (Wildman–Crippen LogP) is 1.82. The third-order valence-corrected chi connectivity index (χ3v) is 11.0. The molecule has 2 aliphatic rings. The summed E-state index contributed by atoms with van der Waals surface area (Å²) in [5.41, 5.74) is 0.302. The van der Waals surface area contributed by atoms with Gasteiger partial charge in [0.15, 0.2) is 0 Å².